The molecule has 4 rings (SSSR count). The van der Waals surface area contributed by atoms with E-state index in [2.05, 4.69) is 39.5 Å². The Labute approximate surface area is 153 Å². The van der Waals surface area contributed by atoms with Gasteiger partial charge in [-0.25, -0.2) is 0 Å². The highest BCUT2D eigenvalue weighted by molar-refractivity contribution is 5.91. The van der Waals surface area contributed by atoms with Gasteiger partial charge < -0.3 is 0 Å². The predicted molar refractivity (Wildman–Crippen MR) is 103 cm³/mol. The Morgan fingerprint density at radius 2 is 1.92 bits per heavy atom. The van der Waals surface area contributed by atoms with Gasteiger partial charge in [-0.15, -0.1) is 5.73 Å². The normalized spacial score (nSPS) is 45.6. The standard InChI is InChI=1S/C24H34O/c1-5-6-16(2)20-9-10-21-19-8-7-17-15-18(25)11-13-23(17,3)22(19)12-14-24(20,21)4/h5,15,19-22H,7-14H2,1-4H3/t6?,19?,20?,21?,22?,23-,24+/m0/s1. The van der Waals surface area contributed by atoms with Gasteiger partial charge in [-0.3, -0.25) is 4.79 Å². The Balaban J connectivity index is 1.66. The van der Waals surface area contributed by atoms with Crippen LogP contribution < -0.4 is 0 Å². The molecule has 4 aliphatic rings. The van der Waals surface area contributed by atoms with Crippen molar-refractivity contribution in [1.82, 2.24) is 0 Å². The summed E-state index contributed by atoms with van der Waals surface area (Å²) in [7, 11) is 0. The van der Waals surface area contributed by atoms with Gasteiger partial charge in [-0.05, 0) is 111 Å². The summed E-state index contributed by atoms with van der Waals surface area (Å²) in [5.41, 5.74) is 7.28. The fourth-order valence-electron chi connectivity index (χ4n) is 7.60. The lowest BCUT2D eigenvalue weighted by molar-refractivity contribution is -0.117. The number of hydrogen-bond acceptors (Lipinski definition) is 1. The maximum Gasteiger partial charge on any atom is 0.155 e. The minimum absolute atomic E-state index is 0.310. The molecular weight excluding hydrogens is 304 g/mol. The van der Waals surface area contributed by atoms with Crippen LogP contribution in [0.1, 0.15) is 79.1 Å². The average Bonchev–Trinajstić information content (AvgIpc) is 2.93. The van der Waals surface area contributed by atoms with E-state index in [1.54, 1.807) is 0 Å². The van der Waals surface area contributed by atoms with Crippen molar-refractivity contribution in [3.05, 3.63) is 29.0 Å². The first kappa shape index (κ1) is 17.3. The second-order valence-corrected chi connectivity index (χ2v) is 9.76. The van der Waals surface area contributed by atoms with Gasteiger partial charge in [0.25, 0.3) is 0 Å². The van der Waals surface area contributed by atoms with Gasteiger partial charge in [0, 0.05) is 6.42 Å². The topological polar surface area (TPSA) is 17.1 Å². The van der Waals surface area contributed by atoms with Gasteiger partial charge in [0.1, 0.15) is 0 Å². The van der Waals surface area contributed by atoms with Crippen LogP contribution >= 0.6 is 0 Å². The maximum atomic E-state index is 11.9. The molecule has 4 aliphatic carbocycles. The van der Waals surface area contributed by atoms with Crippen molar-refractivity contribution < 1.29 is 4.79 Å². The summed E-state index contributed by atoms with van der Waals surface area (Å²) in [6.07, 6.45) is 14.0. The summed E-state index contributed by atoms with van der Waals surface area (Å²) in [6, 6.07) is 0. The summed E-state index contributed by atoms with van der Waals surface area (Å²) < 4.78 is 0. The number of carbonyl (C=O) groups is 1. The van der Waals surface area contributed by atoms with Crippen LogP contribution in [0.25, 0.3) is 0 Å². The molecule has 0 aliphatic heterocycles. The molecule has 0 spiro atoms. The van der Waals surface area contributed by atoms with E-state index < -0.39 is 0 Å². The maximum absolute atomic E-state index is 11.9. The first-order chi connectivity index (χ1) is 11.9. The molecule has 0 bridgehead atoms. The Hall–Kier alpha value is -1.07. The van der Waals surface area contributed by atoms with Gasteiger partial charge in [0.15, 0.2) is 5.78 Å². The summed E-state index contributed by atoms with van der Waals surface area (Å²) in [5, 5.41) is 0. The van der Waals surface area contributed by atoms with E-state index in [-0.39, 0.29) is 0 Å². The largest absolute Gasteiger partial charge is 0.295 e. The van der Waals surface area contributed by atoms with Gasteiger partial charge >= 0.3 is 0 Å². The number of carbonyl (C=O) groups excluding carboxylic acids is 1. The number of allylic oxidation sites excluding steroid dienone is 2. The minimum Gasteiger partial charge on any atom is -0.295 e. The van der Waals surface area contributed by atoms with Crippen LogP contribution in [0.4, 0.5) is 0 Å². The zero-order chi connectivity index (χ0) is 17.8. The van der Waals surface area contributed by atoms with Crippen molar-refractivity contribution in [3.8, 4) is 0 Å². The third-order valence-electron chi connectivity index (χ3n) is 8.86. The molecule has 6 atom stereocenters. The van der Waals surface area contributed by atoms with Crippen LogP contribution in [-0.4, -0.2) is 5.78 Å². The first-order valence-electron chi connectivity index (χ1n) is 10.5. The molecule has 1 nitrogen and oxygen atoms in total. The molecule has 0 heterocycles. The molecule has 3 saturated carbocycles. The zero-order valence-corrected chi connectivity index (χ0v) is 16.5. The molecule has 0 aromatic carbocycles. The van der Waals surface area contributed by atoms with Crippen LogP contribution in [0.3, 0.4) is 0 Å². The first-order valence-corrected chi connectivity index (χ1v) is 10.5. The highest BCUT2D eigenvalue weighted by Crippen LogP contribution is 2.67. The number of fused-ring (bicyclic) bond motifs is 5. The molecule has 3 fully saturated rings. The molecule has 0 amide bonds. The Kier molecular flexibility index (Phi) is 4.15. The molecule has 0 N–H and O–H groups in total. The molecule has 0 aromatic rings. The van der Waals surface area contributed by atoms with Crippen molar-refractivity contribution >= 4 is 5.78 Å². The Bertz CT molecular complexity index is 676. The van der Waals surface area contributed by atoms with Crippen molar-refractivity contribution in [2.24, 2.45) is 34.5 Å². The van der Waals surface area contributed by atoms with Crippen LogP contribution in [0, 0.1) is 34.5 Å². The zero-order valence-electron chi connectivity index (χ0n) is 16.5. The molecule has 4 unspecified atom stereocenters. The van der Waals surface area contributed by atoms with Crippen molar-refractivity contribution in [2.45, 2.75) is 79.1 Å². The SMILES string of the molecule is CC=C=C(C)C1CCC2C3CCC4=CC(=O)CC[C@]4(C)C3CC[C@]12C. The lowest BCUT2D eigenvalue weighted by Crippen LogP contribution is -2.50. The molecule has 136 valence electrons. The lowest BCUT2D eigenvalue weighted by atomic mass is 9.46. The Morgan fingerprint density at radius 1 is 1.12 bits per heavy atom. The smallest absolute Gasteiger partial charge is 0.155 e. The van der Waals surface area contributed by atoms with E-state index in [4.69, 9.17) is 0 Å². The number of rotatable bonds is 1. The van der Waals surface area contributed by atoms with E-state index in [1.165, 1.54) is 49.7 Å². The third-order valence-corrected chi connectivity index (χ3v) is 8.86. The molecule has 25 heavy (non-hydrogen) atoms. The van der Waals surface area contributed by atoms with E-state index in [1.807, 2.05) is 6.08 Å². The molecule has 0 radical (unpaired) electrons. The number of hydrogen-bond donors (Lipinski definition) is 0. The van der Waals surface area contributed by atoms with E-state index in [9.17, 15) is 4.79 Å². The van der Waals surface area contributed by atoms with Crippen LogP contribution in [-0.2, 0) is 4.79 Å². The second kappa shape index (κ2) is 5.98. The van der Waals surface area contributed by atoms with Gasteiger partial charge in [-0.1, -0.05) is 19.4 Å². The summed E-state index contributed by atoms with van der Waals surface area (Å²) in [6.45, 7) is 9.47. The monoisotopic (exact) mass is 338 g/mol. The second-order valence-electron chi connectivity index (χ2n) is 9.76. The fraction of sp³-hybridized carbons (Fsp3) is 0.750. The number of ketones is 1. The van der Waals surface area contributed by atoms with Crippen molar-refractivity contribution in [1.29, 1.82) is 0 Å². The van der Waals surface area contributed by atoms with Gasteiger partial charge in [0.2, 0.25) is 0 Å². The predicted octanol–water partition coefficient (Wildman–Crippen LogP) is 6.26. The molecule has 1 heteroatoms. The van der Waals surface area contributed by atoms with E-state index >= 15 is 0 Å². The summed E-state index contributed by atoms with van der Waals surface area (Å²) in [4.78, 5) is 11.9. The quantitative estimate of drug-likeness (QED) is 0.516. The van der Waals surface area contributed by atoms with Crippen LogP contribution in [0.2, 0.25) is 0 Å². The van der Waals surface area contributed by atoms with Crippen LogP contribution in [0.5, 0.6) is 0 Å². The summed E-state index contributed by atoms with van der Waals surface area (Å²) >= 11 is 0. The van der Waals surface area contributed by atoms with Gasteiger partial charge in [-0.2, -0.15) is 0 Å². The van der Waals surface area contributed by atoms with Crippen LogP contribution in [0.15, 0.2) is 29.0 Å². The van der Waals surface area contributed by atoms with Crippen molar-refractivity contribution in [3.63, 3.8) is 0 Å². The lowest BCUT2D eigenvalue weighted by Gasteiger charge is -2.58. The average molecular weight is 339 g/mol. The molecule has 0 saturated heterocycles. The van der Waals surface area contributed by atoms with E-state index in [0.717, 1.165) is 36.5 Å². The third kappa shape index (κ3) is 2.46. The highest BCUT2D eigenvalue weighted by Gasteiger charge is 2.59. The van der Waals surface area contributed by atoms with Gasteiger partial charge in [0.05, 0.1) is 0 Å². The molecular formula is C24H34O. The summed E-state index contributed by atoms with van der Waals surface area (Å²) in [5.74, 6) is 3.66. The highest BCUT2D eigenvalue weighted by atomic mass is 16.1. The Morgan fingerprint density at radius 3 is 2.68 bits per heavy atom. The van der Waals surface area contributed by atoms with Crippen molar-refractivity contribution in [2.75, 3.05) is 0 Å². The fourth-order valence-corrected chi connectivity index (χ4v) is 7.60. The van der Waals surface area contributed by atoms with E-state index in [0.29, 0.717) is 16.6 Å². The minimum atomic E-state index is 0.310. The molecule has 0 aromatic heterocycles.